The highest BCUT2D eigenvalue weighted by molar-refractivity contribution is 6.03. The van der Waals surface area contributed by atoms with Crippen molar-refractivity contribution in [3.63, 3.8) is 0 Å². The van der Waals surface area contributed by atoms with Crippen LogP contribution >= 0.6 is 0 Å². The maximum Gasteiger partial charge on any atom is 0.271 e. The summed E-state index contributed by atoms with van der Waals surface area (Å²) >= 11 is 0. The average molecular weight is 451 g/mol. The van der Waals surface area contributed by atoms with Crippen LogP contribution in [0.1, 0.15) is 75.7 Å². The molecule has 0 radical (unpaired) electrons. The van der Waals surface area contributed by atoms with Gasteiger partial charge >= 0.3 is 0 Å². The number of nitrogens with one attached hydrogen (secondary N) is 1. The first-order valence-corrected chi connectivity index (χ1v) is 12.9. The van der Waals surface area contributed by atoms with Crippen molar-refractivity contribution < 1.29 is 9.59 Å². The smallest absolute Gasteiger partial charge is 0.271 e. The fraction of sp³-hybridized carbons (Fsp3) is 0.630. The van der Waals surface area contributed by atoms with E-state index in [1.165, 1.54) is 38.5 Å². The highest BCUT2D eigenvalue weighted by Crippen LogP contribution is 2.33. The second kappa shape index (κ2) is 9.13. The molecule has 3 aliphatic rings. The Morgan fingerprint density at radius 1 is 1.06 bits per heavy atom. The van der Waals surface area contributed by atoms with Crippen molar-refractivity contribution in [1.29, 1.82) is 0 Å². The number of nitrogens with zero attached hydrogens (tertiary/aromatic N) is 3. The molecule has 1 aromatic heterocycles. The fourth-order valence-electron chi connectivity index (χ4n) is 6.16. The summed E-state index contributed by atoms with van der Waals surface area (Å²) in [6.45, 7) is 7.23. The molecule has 178 valence electrons. The summed E-state index contributed by atoms with van der Waals surface area (Å²) in [6, 6.07) is 10.9. The molecule has 1 aromatic carbocycles. The van der Waals surface area contributed by atoms with Crippen LogP contribution in [0.25, 0.3) is 10.9 Å². The number of amides is 2. The summed E-state index contributed by atoms with van der Waals surface area (Å²) in [6.07, 6.45) is 9.38. The Bertz CT molecular complexity index is 1020. The van der Waals surface area contributed by atoms with Crippen molar-refractivity contribution in [3.8, 4) is 0 Å². The third-order valence-electron chi connectivity index (χ3n) is 8.32. The number of hydrogen-bond acceptors (Lipinski definition) is 3. The largest absolute Gasteiger partial charge is 0.351 e. The molecule has 2 atom stereocenters. The van der Waals surface area contributed by atoms with Crippen molar-refractivity contribution >= 4 is 22.7 Å². The Kier molecular flexibility index (Phi) is 6.21. The van der Waals surface area contributed by atoms with E-state index in [4.69, 9.17) is 0 Å². The van der Waals surface area contributed by atoms with Crippen LogP contribution in [0.4, 0.5) is 0 Å². The molecule has 2 fully saturated rings. The Morgan fingerprint density at radius 3 is 2.61 bits per heavy atom. The van der Waals surface area contributed by atoms with Gasteiger partial charge in [-0.1, -0.05) is 43.9 Å². The first-order valence-electron chi connectivity index (χ1n) is 12.9. The van der Waals surface area contributed by atoms with Crippen LogP contribution in [-0.4, -0.2) is 63.4 Å². The summed E-state index contributed by atoms with van der Waals surface area (Å²) < 4.78 is 2.07. The van der Waals surface area contributed by atoms with Crippen molar-refractivity contribution in [3.05, 3.63) is 36.0 Å². The Morgan fingerprint density at radius 2 is 1.82 bits per heavy atom. The minimum atomic E-state index is -0.900. The SMILES string of the molecule is CC1CCCCN1CCN1C(=O)c2cc3ccccc3n2CC1(C)C(=O)NC1CCCCC1. The third-order valence-corrected chi connectivity index (χ3v) is 8.32. The lowest BCUT2D eigenvalue weighted by Gasteiger charge is -2.46. The zero-order valence-corrected chi connectivity index (χ0v) is 20.2. The molecule has 1 saturated heterocycles. The fourth-order valence-corrected chi connectivity index (χ4v) is 6.16. The highest BCUT2D eigenvalue weighted by Gasteiger charge is 2.48. The second-order valence-electron chi connectivity index (χ2n) is 10.6. The molecule has 3 heterocycles. The van der Waals surface area contributed by atoms with Crippen LogP contribution < -0.4 is 5.32 Å². The van der Waals surface area contributed by atoms with Gasteiger partial charge in [0.1, 0.15) is 11.2 Å². The summed E-state index contributed by atoms with van der Waals surface area (Å²) in [7, 11) is 0. The molecule has 1 saturated carbocycles. The van der Waals surface area contributed by atoms with Crippen molar-refractivity contribution in [2.75, 3.05) is 19.6 Å². The van der Waals surface area contributed by atoms with Crippen LogP contribution in [0.15, 0.2) is 30.3 Å². The number of hydrogen-bond donors (Lipinski definition) is 1. The van der Waals surface area contributed by atoms with Crippen LogP contribution in [0.3, 0.4) is 0 Å². The van der Waals surface area contributed by atoms with Gasteiger partial charge in [0.05, 0.1) is 6.54 Å². The topological polar surface area (TPSA) is 57.6 Å². The molecular formula is C27H38N4O2. The van der Waals surface area contributed by atoms with Gasteiger partial charge in [-0.3, -0.25) is 14.5 Å². The number of benzene rings is 1. The van der Waals surface area contributed by atoms with E-state index < -0.39 is 5.54 Å². The predicted octanol–water partition coefficient (Wildman–Crippen LogP) is 4.18. The van der Waals surface area contributed by atoms with E-state index >= 15 is 0 Å². The number of aromatic nitrogens is 1. The Labute approximate surface area is 197 Å². The summed E-state index contributed by atoms with van der Waals surface area (Å²) in [4.78, 5) is 32.0. The van der Waals surface area contributed by atoms with E-state index in [1.807, 2.05) is 36.1 Å². The summed E-state index contributed by atoms with van der Waals surface area (Å²) in [5.41, 5.74) is 0.829. The van der Waals surface area contributed by atoms with E-state index in [1.54, 1.807) is 0 Å². The van der Waals surface area contributed by atoms with Crippen molar-refractivity contribution in [2.45, 2.75) is 89.4 Å². The van der Waals surface area contributed by atoms with Crippen molar-refractivity contribution in [2.24, 2.45) is 0 Å². The van der Waals surface area contributed by atoms with Crippen LogP contribution in [0.5, 0.6) is 0 Å². The highest BCUT2D eigenvalue weighted by atomic mass is 16.2. The third kappa shape index (κ3) is 4.18. The van der Waals surface area contributed by atoms with Gasteiger partial charge in [0, 0.05) is 36.1 Å². The molecule has 1 N–H and O–H groups in total. The van der Waals surface area contributed by atoms with Crippen LogP contribution in [0, 0.1) is 0 Å². The molecular weight excluding hydrogens is 412 g/mol. The van der Waals surface area contributed by atoms with E-state index in [0.29, 0.717) is 24.8 Å². The number of rotatable bonds is 5. The van der Waals surface area contributed by atoms with Crippen LogP contribution in [-0.2, 0) is 11.3 Å². The standard InChI is InChI=1S/C27H38N4O2/c1-20-10-8-9-15-29(20)16-17-31-25(32)24-18-21-11-6-7-14-23(21)30(24)19-27(31,2)26(33)28-22-12-4-3-5-13-22/h6-7,11,14,18,20,22H,3-5,8-10,12-13,15-17,19H2,1-2H3,(H,28,33). The molecule has 2 unspecified atom stereocenters. The molecule has 0 bridgehead atoms. The molecule has 6 heteroatoms. The zero-order chi connectivity index (χ0) is 23.0. The van der Waals surface area contributed by atoms with Gasteiger partial charge in [0.25, 0.3) is 5.91 Å². The Balaban J connectivity index is 1.45. The lowest BCUT2D eigenvalue weighted by atomic mass is 9.91. The van der Waals surface area contributed by atoms with E-state index in [9.17, 15) is 9.59 Å². The number of fused-ring (bicyclic) bond motifs is 3. The molecule has 6 nitrogen and oxygen atoms in total. The number of carbonyl (C=O) groups excluding carboxylic acids is 2. The van der Waals surface area contributed by atoms with Gasteiger partial charge in [-0.2, -0.15) is 0 Å². The van der Waals surface area contributed by atoms with E-state index in [-0.39, 0.29) is 17.9 Å². The van der Waals surface area contributed by atoms with E-state index in [0.717, 1.165) is 36.8 Å². The maximum absolute atomic E-state index is 13.9. The minimum Gasteiger partial charge on any atom is -0.351 e. The Hall–Kier alpha value is -2.34. The lowest BCUT2D eigenvalue weighted by molar-refractivity contribution is -0.134. The molecule has 2 aromatic rings. The van der Waals surface area contributed by atoms with Gasteiger partial charge in [-0.15, -0.1) is 0 Å². The quantitative estimate of drug-likeness (QED) is 0.744. The number of para-hydroxylation sites is 1. The normalized spacial score (nSPS) is 27.0. The zero-order valence-electron chi connectivity index (χ0n) is 20.2. The number of carbonyl (C=O) groups is 2. The number of piperidine rings is 1. The van der Waals surface area contributed by atoms with E-state index in [2.05, 4.69) is 27.8 Å². The average Bonchev–Trinajstić information content (AvgIpc) is 3.19. The minimum absolute atomic E-state index is 0.00197. The monoisotopic (exact) mass is 450 g/mol. The molecule has 33 heavy (non-hydrogen) atoms. The first kappa shape index (κ1) is 22.5. The lowest BCUT2D eigenvalue weighted by Crippen LogP contribution is -2.66. The van der Waals surface area contributed by atoms with Gasteiger partial charge in [-0.05, 0) is 58.2 Å². The molecule has 0 spiro atoms. The number of likely N-dealkylation sites (tertiary alicyclic amines) is 1. The second-order valence-corrected chi connectivity index (χ2v) is 10.6. The maximum atomic E-state index is 13.9. The molecule has 2 aliphatic heterocycles. The molecule has 1 aliphatic carbocycles. The molecule has 5 rings (SSSR count). The van der Waals surface area contributed by atoms with Gasteiger partial charge in [0.2, 0.25) is 5.91 Å². The van der Waals surface area contributed by atoms with Gasteiger partial charge in [-0.25, -0.2) is 0 Å². The van der Waals surface area contributed by atoms with Crippen molar-refractivity contribution in [1.82, 2.24) is 19.7 Å². The predicted molar refractivity (Wildman–Crippen MR) is 131 cm³/mol. The summed E-state index contributed by atoms with van der Waals surface area (Å²) in [5, 5.41) is 4.40. The first-order chi connectivity index (χ1) is 16.0. The van der Waals surface area contributed by atoms with Gasteiger partial charge in [0.15, 0.2) is 0 Å². The van der Waals surface area contributed by atoms with Crippen LogP contribution in [0.2, 0.25) is 0 Å². The molecule has 2 amide bonds. The van der Waals surface area contributed by atoms with Gasteiger partial charge < -0.3 is 14.8 Å². The summed E-state index contributed by atoms with van der Waals surface area (Å²) in [5.74, 6) is -0.0266.